The molecule has 0 aliphatic carbocycles. The summed E-state index contributed by atoms with van der Waals surface area (Å²) in [6.07, 6.45) is 4.42. The van der Waals surface area contributed by atoms with Gasteiger partial charge in [-0.15, -0.1) is 0 Å². The van der Waals surface area contributed by atoms with Gasteiger partial charge in [0.15, 0.2) is 0 Å². The molecule has 0 aromatic carbocycles. The minimum absolute atomic E-state index is 0.352. The van der Waals surface area contributed by atoms with Crippen molar-refractivity contribution in [2.24, 2.45) is 5.92 Å². The minimum Gasteiger partial charge on any atom is -0.490 e. The zero-order chi connectivity index (χ0) is 14.4. The van der Waals surface area contributed by atoms with Crippen molar-refractivity contribution >= 4 is 0 Å². The predicted molar refractivity (Wildman–Crippen MR) is 81.9 cm³/mol. The van der Waals surface area contributed by atoms with E-state index in [1.165, 1.54) is 0 Å². The highest BCUT2D eigenvalue weighted by molar-refractivity contribution is 5.23. The molecule has 1 aliphatic rings. The zero-order valence-corrected chi connectivity index (χ0v) is 12.9. The number of ether oxygens (including phenoxy) is 1. The minimum atomic E-state index is 0.352. The normalized spacial score (nSPS) is 17.6. The van der Waals surface area contributed by atoms with Crippen LogP contribution in [0.4, 0.5) is 0 Å². The Morgan fingerprint density at radius 2 is 2.15 bits per heavy atom. The molecule has 1 N–H and O–H groups in total. The van der Waals surface area contributed by atoms with Crippen molar-refractivity contribution < 1.29 is 4.74 Å². The Morgan fingerprint density at radius 1 is 1.40 bits per heavy atom. The number of nitrogens with one attached hydrogen (secondary N) is 1. The number of hydrogen-bond donors (Lipinski definition) is 1. The molecule has 0 atom stereocenters. The van der Waals surface area contributed by atoms with Gasteiger partial charge in [0, 0.05) is 31.9 Å². The average Bonchev–Trinajstić information content (AvgIpc) is 2.41. The van der Waals surface area contributed by atoms with E-state index in [9.17, 15) is 0 Å². The average molecular weight is 277 g/mol. The van der Waals surface area contributed by atoms with Gasteiger partial charge in [0.2, 0.25) is 0 Å². The smallest absolute Gasteiger partial charge is 0.123 e. The van der Waals surface area contributed by atoms with E-state index in [0.29, 0.717) is 12.0 Å². The maximum absolute atomic E-state index is 6.08. The first kappa shape index (κ1) is 15.3. The molecule has 0 unspecified atom stereocenters. The molecule has 2 rings (SSSR count). The molecule has 0 spiro atoms. The third kappa shape index (κ3) is 5.10. The number of piperidine rings is 1. The van der Waals surface area contributed by atoms with Crippen LogP contribution in [-0.4, -0.2) is 42.7 Å². The lowest BCUT2D eigenvalue weighted by molar-refractivity contribution is 0.114. The second kappa shape index (κ2) is 7.60. The Bertz CT molecular complexity index is 400. The molecule has 20 heavy (non-hydrogen) atoms. The topological polar surface area (TPSA) is 37.4 Å². The van der Waals surface area contributed by atoms with E-state index < -0.39 is 0 Å². The Balaban J connectivity index is 1.82. The molecule has 2 heterocycles. The summed E-state index contributed by atoms with van der Waals surface area (Å²) in [5.41, 5.74) is 1.05. The Labute approximate surface area is 122 Å². The maximum atomic E-state index is 6.08. The van der Waals surface area contributed by atoms with Crippen molar-refractivity contribution in [3.05, 3.63) is 24.0 Å². The Hall–Kier alpha value is -1.13. The van der Waals surface area contributed by atoms with E-state index >= 15 is 0 Å². The van der Waals surface area contributed by atoms with Crippen LogP contribution in [0.25, 0.3) is 0 Å². The first-order chi connectivity index (χ1) is 9.63. The number of nitrogens with zero attached hydrogens (tertiary/aromatic N) is 2. The van der Waals surface area contributed by atoms with Gasteiger partial charge in [0.05, 0.1) is 5.69 Å². The van der Waals surface area contributed by atoms with Crippen molar-refractivity contribution in [2.75, 3.05) is 26.7 Å². The fourth-order valence-electron chi connectivity index (χ4n) is 2.41. The van der Waals surface area contributed by atoms with Gasteiger partial charge in [-0.25, -0.2) is 0 Å². The van der Waals surface area contributed by atoms with E-state index in [-0.39, 0.29) is 0 Å². The number of hydrogen-bond acceptors (Lipinski definition) is 4. The van der Waals surface area contributed by atoms with E-state index in [1.807, 2.05) is 12.3 Å². The van der Waals surface area contributed by atoms with Crippen LogP contribution in [0, 0.1) is 5.92 Å². The van der Waals surface area contributed by atoms with Crippen LogP contribution in [-0.2, 0) is 6.54 Å². The van der Waals surface area contributed by atoms with Crippen LogP contribution < -0.4 is 10.1 Å². The van der Waals surface area contributed by atoms with Crippen LogP contribution in [0.1, 0.15) is 32.4 Å². The van der Waals surface area contributed by atoms with Gasteiger partial charge in [-0.3, -0.25) is 4.98 Å². The molecule has 0 amide bonds. The summed E-state index contributed by atoms with van der Waals surface area (Å²) in [5, 5.41) is 3.41. The van der Waals surface area contributed by atoms with Gasteiger partial charge < -0.3 is 15.0 Å². The molecular formula is C16H27N3O. The van der Waals surface area contributed by atoms with Crippen molar-refractivity contribution in [2.45, 2.75) is 39.3 Å². The highest BCUT2D eigenvalue weighted by Crippen LogP contribution is 2.18. The molecule has 1 aliphatic heterocycles. The lowest BCUT2D eigenvalue weighted by Crippen LogP contribution is -2.35. The van der Waals surface area contributed by atoms with Gasteiger partial charge in [-0.1, -0.05) is 13.8 Å². The van der Waals surface area contributed by atoms with Gasteiger partial charge in [-0.2, -0.15) is 0 Å². The number of likely N-dealkylation sites (tertiary alicyclic amines) is 1. The highest BCUT2D eigenvalue weighted by atomic mass is 16.5. The molecule has 4 nitrogen and oxygen atoms in total. The second-order valence-corrected chi connectivity index (χ2v) is 6.13. The highest BCUT2D eigenvalue weighted by Gasteiger charge is 2.18. The fourth-order valence-corrected chi connectivity index (χ4v) is 2.41. The summed E-state index contributed by atoms with van der Waals surface area (Å²) >= 11 is 0. The fraction of sp³-hybridized carbons (Fsp3) is 0.688. The van der Waals surface area contributed by atoms with Crippen molar-refractivity contribution in [3.8, 4) is 5.75 Å². The number of pyridine rings is 1. The first-order valence-corrected chi connectivity index (χ1v) is 7.64. The number of rotatable bonds is 6. The zero-order valence-electron chi connectivity index (χ0n) is 12.9. The van der Waals surface area contributed by atoms with Crippen LogP contribution in [0.5, 0.6) is 5.75 Å². The van der Waals surface area contributed by atoms with Crippen LogP contribution in [0.2, 0.25) is 0 Å². The quantitative estimate of drug-likeness (QED) is 0.866. The van der Waals surface area contributed by atoms with Crippen LogP contribution in [0.15, 0.2) is 18.3 Å². The molecule has 1 fully saturated rings. The maximum Gasteiger partial charge on any atom is 0.123 e. The largest absolute Gasteiger partial charge is 0.490 e. The molecule has 0 saturated carbocycles. The SMILES string of the molecule is CC(C)CNCc1cc(OC2CCN(C)CC2)ccn1. The molecule has 1 aromatic rings. The van der Waals surface area contributed by atoms with E-state index in [0.717, 1.165) is 50.5 Å². The molecule has 1 aromatic heterocycles. The molecule has 1 saturated heterocycles. The summed E-state index contributed by atoms with van der Waals surface area (Å²) < 4.78 is 6.08. The van der Waals surface area contributed by atoms with Crippen molar-refractivity contribution in [1.29, 1.82) is 0 Å². The van der Waals surface area contributed by atoms with Gasteiger partial charge in [-0.05, 0) is 38.4 Å². The molecule has 0 bridgehead atoms. The van der Waals surface area contributed by atoms with E-state index in [1.54, 1.807) is 0 Å². The third-order valence-electron chi connectivity index (χ3n) is 3.62. The summed E-state index contributed by atoms with van der Waals surface area (Å²) in [4.78, 5) is 6.75. The van der Waals surface area contributed by atoms with Gasteiger partial charge in [0.25, 0.3) is 0 Å². The lowest BCUT2D eigenvalue weighted by Gasteiger charge is -2.29. The predicted octanol–water partition coefficient (Wildman–Crippen LogP) is 2.30. The van der Waals surface area contributed by atoms with Gasteiger partial charge >= 0.3 is 0 Å². The lowest BCUT2D eigenvalue weighted by atomic mass is 10.1. The Morgan fingerprint density at radius 3 is 2.85 bits per heavy atom. The summed E-state index contributed by atoms with van der Waals surface area (Å²) in [6, 6.07) is 4.02. The summed E-state index contributed by atoms with van der Waals surface area (Å²) in [6.45, 7) is 8.49. The van der Waals surface area contributed by atoms with Crippen LogP contribution in [0.3, 0.4) is 0 Å². The van der Waals surface area contributed by atoms with Crippen molar-refractivity contribution in [3.63, 3.8) is 0 Å². The standard InChI is InChI=1S/C16H27N3O/c1-13(2)11-17-12-14-10-16(4-7-18-14)20-15-5-8-19(3)9-6-15/h4,7,10,13,15,17H,5-6,8-9,11-12H2,1-3H3. The van der Waals surface area contributed by atoms with Crippen molar-refractivity contribution in [1.82, 2.24) is 15.2 Å². The molecule has 0 radical (unpaired) electrons. The molecule has 112 valence electrons. The molecule has 4 heteroatoms. The first-order valence-electron chi connectivity index (χ1n) is 7.64. The van der Waals surface area contributed by atoms with E-state index in [4.69, 9.17) is 4.74 Å². The summed E-state index contributed by atoms with van der Waals surface area (Å²) in [5.74, 6) is 1.62. The number of aromatic nitrogens is 1. The summed E-state index contributed by atoms with van der Waals surface area (Å²) in [7, 11) is 2.17. The van der Waals surface area contributed by atoms with E-state index in [2.05, 4.69) is 42.2 Å². The Kier molecular flexibility index (Phi) is 5.80. The van der Waals surface area contributed by atoms with Gasteiger partial charge in [0.1, 0.15) is 11.9 Å². The third-order valence-corrected chi connectivity index (χ3v) is 3.62. The van der Waals surface area contributed by atoms with Crippen LogP contribution >= 0.6 is 0 Å². The second-order valence-electron chi connectivity index (χ2n) is 6.13. The monoisotopic (exact) mass is 277 g/mol. The molecular weight excluding hydrogens is 250 g/mol.